The summed E-state index contributed by atoms with van der Waals surface area (Å²) >= 11 is 5.01. The van der Waals surface area contributed by atoms with Crippen molar-refractivity contribution in [3.63, 3.8) is 0 Å². The standard InChI is InChI=1S/C11H17ClN3O2S/c1-6(2)8(5-16)13-10-9-7(3-4-18(9)17)14-11(12)15-10/h6,8,12,16H,3-5H2,1-2H3,(H,13,14,15)/q+1/t8-,18?/m0/s1. The molecule has 1 aliphatic heterocycles. The topological polar surface area (TPSA) is 75.1 Å². The Morgan fingerprint density at radius 2 is 2.22 bits per heavy atom. The van der Waals surface area contributed by atoms with Crippen molar-refractivity contribution in [3.8, 4) is 0 Å². The number of aromatic nitrogens is 2. The molecule has 1 aromatic heterocycles. The van der Waals surface area contributed by atoms with Gasteiger partial charge in [0.1, 0.15) is 4.90 Å². The second kappa shape index (κ2) is 5.50. The minimum absolute atomic E-state index is 0.00413. The molecule has 2 heterocycles. The summed E-state index contributed by atoms with van der Waals surface area (Å²) in [5.41, 5.74) is 0.774. The number of aliphatic hydroxyl groups excluding tert-OH is 1. The molecule has 0 bridgehead atoms. The first-order chi connectivity index (χ1) is 8.52. The van der Waals surface area contributed by atoms with Crippen LogP contribution in [0.15, 0.2) is 4.90 Å². The summed E-state index contributed by atoms with van der Waals surface area (Å²) in [4.78, 5) is 8.96. The Morgan fingerprint density at radius 1 is 1.50 bits per heavy atom. The van der Waals surface area contributed by atoms with Gasteiger partial charge in [-0.15, -0.1) is 0 Å². The predicted molar refractivity (Wildman–Crippen MR) is 66.9 cm³/mol. The number of nitrogens with one attached hydrogen (secondary N) is 1. The first kappa shape index (κ1) is 13.7. The normalized spacial score (nSPS) is 19.9. The fraction of sp³-hybridized carbons (Fsp3) is 0.636. The van der Waals surface area contributed by atoms with Crippen molar-refractivity contribution in [2.45, 2.75) is 31.2 Å². The van der Waals surface area contributed by atoms with E-state index in [4.69, 9.17) is 11.6 Å². The molecule has 5 nitrogen and oxygen atoms in total. The number of fused-ring (bicyclic) bond motifs is 1. The van der Waals surface area contributed by atoms with E-state index in [0.717, 1.165) is 5.69 Å². The lowest BCUT2D eigenvalue weighted by atomic mass is 10.1. The number of aryl methyl sites for hydroxylation is 1. The molecule has 7 heteroatoms. The van der Waals surface area contributed by atoms with Gasteiger partial charge in [0, 0.05) is 12.2 Å². The van der Waals surface area contributed by atoms with E-state index in [2.05, 4.69) is 15.3 Å². The van der Waals surface area contributed by atoms with Gasteiger partial charge in [-0.2, -0.15) is 9.97 Å². The summed E-state index contributed by atoms with van der Waals surface area (Å²) in [5.74, 6) is 1.33. The Kier molecular flexibility index (Phi) is 4.19. The van der Waals surface area contributed by atoms with Crippen molar-refractivity contribution >= 4 is 16.6 Å². The van der Waals surface area contributed by atoms with E-state index < -0.39 is 10.8 Å². The summed E-state index contributed by atoms with van der Waals surface area (Å²) in [7, 11) is -1.06. The van der Waals surface area contributed by atoms with E-state index in [1.165, 1.54) is 0 Å². The largest absolute Gasteiger partial charge is 0.419 e. The van der Waals surface area contributed by atoms with Gasteiger partial charge < -0.3 is 10.4 Å². The average molecular weight is 291 g/mol. The SMILES string of the molecule is CC(C)[C@H](CO)Nc1nc([ClH+])nc2c1S(=O)CC2. The first-order valence-corrected chi connectivity index (χ1v) is 7.59. The third-order valence-corrected chi connectivity index (χ3v) is 4.63. The van der Waals surface area contributed by atoms with Crippen molar-refractivity contribution in [1.82, 2.24) is 9.97 Å². The fourth-order valence-corrected chi connectivity index (χ4v) is 3.39. The van der Waals surface area contributed by atoms with E-state index in [-0.39, 0.29) is 23.9 Å². The molecule has 1 aliphatic rings. The van der Waals surface area contributed by atoms with Crippen molar-refractivity contribution in [1.29, 1.82) is 0 Å². The van der Waals surface area contributed by atoms with Crippen LogP contribution in [0.1, 0.15) is 19.5 Å². The van der Waals surface area contributed by atoms with Gasteiger partial charge in [0.05, 0.1) is 29.1 Å². The molecule has 0 amide bonds. The van der Waals surface area contributed by atoms with Crippen LogP contribution in [0.4, 0.5) is 5.82 Å². The van der Waals surface area contributed by atoms with E-state index in [1.807, 2.05) is 13.8 Å². The molecular weight excluding hydrogens is 274 g/mol. The van der Waals surface area contributed by atoms with Crippen LogP contribution in [0, 0.1) is 17.5 Å². The maximum Gasteiger partial charge on any atom is 0.419 e. The Balaban J connectivity index is 2.36. The van der Waals surface area contributed by atoms with E-state index in [1.54, 1.807) is 0 Å². The monoisotopic (exact) mass is 290 g/mol. The second-order valence-electron chi connectivity index (χ2n) is 4.61. The molecule has 1 unspecified atom stereocenters. The lowest BCUT2D eigenvalue weighted by molar-refractivity contribution is -0.304. The smallest absolute Gasteiger partial charge is 0.394 e. The van der Waals surface area contributed by atoms with Gasteiger partial charge in [-0.3, -0.25) is 4.21 Å². The maximum absolute atomic E-state index is 11.9. The Labute approximate surface area is 113 Å². The molecule has 0 aliphatic carbocycles. The van der Waals surface area contributed by atoms with Crippen molar-refractivity contribution in [2.75, 3.05) is 17.7 Å². The van der Waals surface area contributed by atoms with Gasteiger partial charge in [-0.1, -0.05) is 13.8 Å². The van der Waals surface area contributed by atoms with Crippen LogP contribution in [0.25, 0.3) is 0 Å². The van der Waals surface area contributed by atoms with E-state index in [9.17, 15) is 9.32 Å². The van der Waals surface area contributed by atoms with Gasteiger partial charge >= 0.3 is 5.28 Å². The van der Waals surface area contributed by atoms with Gasteiger partial charge in [-0.25, -0.2) is 0 Å². The average Bonchev–Trinajstić information content (AvgIpc) is 2.67. The fourth-order valence-electron chi connectivity index (χ4n) is 1.87. The lowest BCUT2D eigenvalue weighted by Gasteiger charge is -2.21. The van der Waals surface area contributed by atoms with Crippen molar-refractivity contribution in [2.24, 2.45) is 5.92 Å². The predicted octanol–water partition coefficient (Wildman–Crippen LogP) is 0.265. The molecule has 2 atom stereocenters. The highest BCUT2D eigenvalue weighted by Gasteiger charge is 2.28. The summed E-state index contributed by atoms with van der Waals surface area (Å²) in [5, 5.41) is 12.7. The lowest BCUT2D eigenvalue weighted by Crippen LogP contribution is -2.30. The zero-order chi connectivity index (χ0) is 13.3. The Bertz CT molecular complexity index is 482. The van der Waals surface area contributed by atoms with Crippen LogP contribution in [0.2, 0.25) is 5.28 Å². The molecule has 0 spiro atoms. The zero-order valence-electron chi connectivity index (χ0n) is 10.3. The molecule has 0 saturated carbocycles. The molecule has 0 radical (unpaired) electrons. The summed E-state index contributed by atoms with van der Waals surface area (Å²) in [6.07, 6.45) is 0.675. The number of hydrogen-bond acceptors (Lipinski definition) is 5. The summed E-state index contributed by atoms with van der Waals surface area (Å²) in [6.45, 7) is 4.00. The van der Waals surface area contributed by atoms with Gasteiger partial charge in [-0.05, 0) is 5.92 Å². The van der Waals surface area contributed by atoms with Gasteiger partial charge in [0.2, 0.25) is 0 Å². The third-order valence-electron chi connectivity index (χ3n) is 2.99. The number of hydrogen-bond donors (Lipinski definition) is 2. The maximum atomic E-state index is 11.9. The Morgan fingerprint density at radius 3 is 2.83 bits per heavy atom. The molecule has 18 heavy (non-hydrogen) atoms. The molecule has 100 valence electrons. The number of aliphatic hydroxyl groups is 1. The second-order valence-corrected chi connectivity index (χ2v) is 6.48. The van der Waals surface area contributed by atoms with Crippen LogP contribution in [0.3, 0.4) is 0 Å². The third kappa shape index (κ3) is 2.65. The quantitative estimate of drug-likeness (QED) is 0.779. The Hall–Kier alpha value is -0.720. The first-order valence-electron chi connectivity index (χ1n) is 5.86. The number of halogens is 1. The molecule has 0 fully saturated rings. The summed E-state index contributed by atoms with van der Waals surface area (Å²) < 4.78 is 11.9. The van der Waals surface area contributed by atoms with Crippen LogP contribution < -0.4 is 5.32 Å². The van der Waals surface area contributed by atoms with Crippen LogP contribution in [0.5, 0.6) is 0 Å². The van der Waals surface area contributed by atoms with Crippen LogP contribution in [-0.2, 0) is 17.2 Å². The number of nitrogens with zero attached hydrogens (tertiary/aromatic N) is 2. The molecule has 0 aromatic carbocycles. The molecular formula is C11H17ClN3O2S+. The highest BCUT2D eigenvalue weighted by atomic mass is 35.5. The number of anilines is 1. The zero-order valence-corrected chi connectivity index (χ0v) is 12.0. The van der Waals surface area contributed by atoms with Crippen LogP contribution >= 0.6 is 0 Å². The van der Waals surface area contributed by atoms with E-state index >= 15 is 0 Å². The molecule has 2 N–H and O–H groups in total. The molecule has 2 rings (SSSR count). The molecule has 0 saturated heterocycles. The summed E-state index contributed by atoms with van der Waals surface area (Å²) in [6, 6.07) is -0.129. The van der Waals surface area contributed by atoms with Crippen LogP contribution in [-0.4, -0.2) is 37.7 Å². The number of rotatable bonds is 4. The highest BCUT2D eigenvalue weighted by molar-refractivity contribution is 7.85. The van der Waals surface area contributed by atoms with Gasteiger partial charge in [0.25, 0.3) is 0 Å². The minimum Gasteiger partial charge on any atom is -0.394 e. The van der Waals surface area contributed by atoms with Gasteiger partial charge in [0.15, 0.2) is 17.4 Å². The van der Waals surface area contributed by atoms with E-state index in [0.29, 0.717) is 22.9 Å². The highest BCUT2D eigenvalue weighted by Crippen LogP contribution is 2.28. The molecule has 1 aromatic rings. The minimum atomic E-state index is -1.06. The van der Waals surface area contributed by atoms with Crippen molar-refractivity contribution < 1.29 is 20.9 Å². The van der Waals surface area contributed by atoms with Crippen molar-refractivity contribution in [3.05, 3.63) is 11.0 Å².